The fraction of sp³-hybridized carbons (Fsp3) is 0.727. The molecule has 2 nitrogen and oxygen atoms in total. The molecule has 0 radical (unpaired) electrons. The maximum absolute atomic E-state index is 11.1. The summed E-state index contributed by atoms with van der Waals surface area (Å²) in [5, 5.41) is 0. The molecule has 2 heteroatoms. The Kier molecular flexibility index (Phi) is 3.52. The van der Waals surface area contributed by atoms with Crippen LogP contribution >= 0.6 is 0 Å². The molecule has 0 heterocycles. The van der Waals surface area contributed by atoms with Crippen molar-refractivity contribution in [1.29, 1.82) is 0 Å². The first-order valence-corrected chi connectivity index (χ1v) is 4.97. The number of carbonyl (C=O) groups excluding carboxylic acids is 1. The molecule has 1 aliphatic carbocycles. The van der Waals surface area contributed by atoms with Crippen LogP contribution in [0.25, 0.3) is 0 Å². The third kappa shape index (κ3) is 4.11. The molecular formula is C11H18O2. The van der Waals surface area contributed by atoms with Gasteiger partial charge in [0, 0.05) is 5.41 Å². The van der Waals surface area contributed by atoms with Crippen LogP contribution in [0.2, 0.25) is 0 Å². The van der Waals surface area contributed by atoms with Gasteiger partial charge in [0.2, 0.25) is 0 Å². The normalized spacial score (nSPS) is 18.9. The van der Waals surface area contributed by atoms with Crippen molar-refractivity contribution in [2.45, 2.75) is 39.5 Å². The summed E-state index contributed by atoms with van der Waals surface area (Å²) in [6.45, 7) is 4.81. The summed E-state index contributed by atoms with van der Waals surface area (Å²) in [5.41, 5.74) is 0.310. The quantitative estimate of drug-likeness (QED) is 0.482. The smallest absolute Gasteiger partial charge is 0.309 e. The summed E-state index contributed by atoms with van der Waals surface area (Å²) in [6.07, 6.45) is 7.66. The molecule has 0 saturated heterocycles. The lowest BCUT2D eigenvalue weighted by Gasteiger charge is -2.07. The molecule has 13 heavy (non-hydrogen) atoms. The topological polar surface area (TPSA) is 26.3 Å². The molecule has 1 aliphatic rings. The van der Waals surface area contributed by atoms with E-state index in [4.69, 9.17) is 4.74 Å². The third-order valence-corrected chi connectivity index (χ3v) is 2.37. The SMILES string of the molecule is CC/C=C/CC(=O)OCC1(C)CC1. The van der Waals surface area contributed by atoms with Gasteiger partial charge in [0.1, 0.15) is 0 Å². The summed E-state index contributed by atoms with van der Waals surface area (Å²) >= 11 is 0. The molecule has 0 unspecified atom stereocenters. The van der Waals surface area contributed by atoms with Crippen molar-refractivity contribution in [1.82, 2.24) is 0 Å². The van der Waals surface area contributed by atoms with Crippen molar-refractivity contribution in [3.05, 3.63) is 12.2 Å². The summed E-state index contributed by atoms with van der Waals surface area (Å²) in [4.78, 5) is 11.1. The second-order valence-corrected chi connectivity index (χ2v) is 4.06. The number of hydrogen-bond donors (Lipinski definition) is 0. The van der Waals surface area contributed by atoms with E-state index in [0.29, 0.717) is 18.4 Å². The van der Waals surface area contributed by atoms with Crippen LogP contribution in [0.5, 0.6) is 0 Å². The second-order valence-electron chi connectivity index (χ2n) is 4.06. The van der Waals surface area contributed by atoms with Gasteiger partial charge in [-0.3, -0.25) is 4.79 Å². The van der Waals surface area contributed by atoms with Gasteiger partial charge in [-0.15, -0.1) is 0 Å². The van der Waals surface area contributed by atoms with Crippen molar-refractivity contribution in [3.63, 3.8) is 0 Å². The van der Waals surface area contributed by atoms with E-state index in [1.165, 1.54) is 12.8 Å². The van der Waals surface area contributed by atoms with E-state index in [1.807, 2.05) is 19.1 Å². The Morgan fingerprint density at radius 1 is 1.46 bits per heavy atom. The van der Waals surface area contributed by atoms with Gasteiger partial charge >= 0.3 is 5.97 Å². The predicted octanol–water partition coefficient (Wildman–Crippen LogP) is 2.69. The molecular weight excluding hydrogens is 164 g/mol. The van der Waals surface area contributed by atoms with Crippen molar-refractivity contribution >= 4 is 5.97 Å². The number of hydrogen-bond acceptors (Lipinski definition) is 2. The van der Waals surface area contributed by atoms with Gasteiger partial charge in [-0.2, -0.15) is 0 Å². The van der Waals surface area contributed by atoms with E-state index < -0.39 is 0 Å². The molecule has 0 aliphatic heterocycles. The van der Waals surface area contributed by atoms with Crippen molar-refractivity contribution < 1.29 is 9.53 Å². The van der Waals surface area contributed by atoms with Crippen LogP contribution in [-0.2, 0) is 9.53 Å². The summed E-state index contributed by atoms with van der Waals surface area (Å²) in [7, 11) is 0. The van der Waals surface area contributed by atoms with Crippen LogP contribution in [0.3, 0.4) is 0 Å². The molecule has 1 fully saturated rings. The fourth-order valence-corrected chi connectivity index (χ4v) is 1.02. The Bertz CT molecular complexity index is 202. The summed E-state index contributed by atoms with van der Waals surface area (Å²) in [6, 6.07) is 0. The van der Waals surface area contributed by atoms with Crippen LogP contribution in [0.4, 0.5) is 0 Å². The Balaban J connectivity index is 2.07. The average Bonchev–Trinajstić information content (AvgIpc) is 2.82. The zero-order valence-electron chi connectivity index (χ0n) is 8.51. The fourth-order valence-electron chi connectivity index (χ4n) is 1.02. The van der Waals surface area contributed by atoms with Gasteiger partial charge < -0.3 is 4.74 Å². The van der Waals surface area contributed by atoms with Crippen LogP contribution in [0.15, 0.2) is 12.2 Å². The first-order valence-electron chi connectivity index (χ1n) is 4.97. The Hall–Kier alpha value is -0.790. The number of ether oxygens (including phenoxy) is 1. The molecule has 0 N–H and O–H groups in total. The van der Waals surface area contributed by atoms with Gasteiger partial charge in [-0.25, -0.2) is 0 Å². The molecule has 0 amide bonds. The minimum atomic E-state index is -0.0992. The first kappa shape index (κ1) is 10.3. The van der Waals surface area contributed by atoms with E-state index in [2.05, 4.69) is 6.92 Å². The molecule has 0 atom stereocenters. The highest BCUT2D eigenvalue weighted by atomic mass is 16.5. The highest BCUT2D eigenvalue weighted by molar-refractivity contribution is 5.71. The van der Waals surface area contributed by atoms with Crippen LogP contribution in [0, 0.1) is 5.41 Å². The van der Waals surface area contributed by atoms with Gasteiger partial charge in [-0.05, 0) is 19.3 Å². The molecule has 0 bridgehead atoms. The molecule has 0 spiro atoms. The lowest BCUT2D eigenvalue weighted by molar-refractivity contribution is -0.144. The molecule has 0 aromatic rings. The lowest BCUT2D eigenvalue weighted by atomic mass is 10.2. The van der Waals surface area contributed by atoms with E-state index in [9.17, 15) is 4.79 Å². The minimum Gasteiger partial charge on any atom is -0.465 e. The van der Waals surface area contributed by atoms with E-state index in [1.54, 1.807) is 0 Å². The zero-order valence-corrected chi connectivity index (χ0v) is 8.51. The highest BCUT2D eigenvalue weighted by Crippen LogP contribution is 2.44. The molecule has 1 rings (SSSR count). The molecule has 0 aromatic carbocycles. The van der Waals surface area contributed by atoms with Crippen LogP contribution in [0.1, 0.15) is 39.5 Å². The summed E-state index contributed by atoms with van der Waals surface area (Å²) in [5.74, 6) is -0.0992. The zero-order chi connectivity index (χ0) is 9.73. The predicted molar refractivity (Wildman–Crippen MR) is 52.3 cm³/mol. The second kappa shape index (κ2) is 4.45. The Morgan fingerprint density at radius 2 is 2.15 bits per heavy atom. The van der Waals surface area contributed by atoms with Crippen molar-refractivity contribution in [2.24, 2.45) is 5.41 Å². The van der Waals surface area contributed by atoms with Gasteiger partial charge in [0.15, 0.2) is 0 Å². The average molecular weight is 182 g/mol. The number of rotatable bonds is 5. The van der Waals surface area contributed by atoms with E-state index in [0.717, 1.165) is 6.42 Å². The third-order valence-electron chi connectivity index (χ3n) is 2.37. The number of allylic oxidation sites excluding steroid dienone is 1. The Morgan fingerprint density at radius 3 is 2.69 bits per heavy atom. The van der Waals surface area contributed by atoms with Gasteiger partial charge in [0.25, 0.3) is 0 Å². The number of carbonyl (C=O) groups is 1. The van der Waals surface area contributed by atoms with E-state index in [-0.39, 0.29) is 5.97 Å². The van der Waals surface area contributed by atoms with E-state index >= 15 is 0 Å². The van der Waals surface area contributed by atoms with Crippen molar-refractivity contribution in [3.8, 4) is 0 Å². The maximum Gasteiger partial charge on any atom is 0.309 e. The van der Waals surface area contributed by atoms with Gasteiger partial charge in [0.05, 0.1) is 13.0 Å². The Labute approximate surface area is 80.0 Å². The van der Waals surface area contributed by atoms with Crippen LogP contribution < -0.4 is 0 Å². The highest BCUT2D eigenvalue weighted by Gasteiger charge is 2.38. The van der Waals surface area contributed by atoms with Crippen molar-refractivity contribution in [2.75, 3.05) is 6.61 Å². The summed E-state index contributed by atoms with van der Waals surface area (Å²) < 4.78 is 5.13. The lowest BCUT2D eigenvalue weighted by Crippen LogP contribution is -2.11. The number of esters is 1. The van der Waals surface area contributed by atoms with Gasteiger partial charge in [-0.1, -0.05) is 26.0 Å². The standard InChI is InChI=1S/C11H18O2/c1-3-4-5-6-10(12)13-9-11(2)7-8-11/h4-5H,3,6-9H2,1-2H3/b5-4+. The largest absolute Gasteiger partial charge is 0.465 e. The molecule has 0 aromatic heterocycles. The first-order chi connectivity index (χ1) is 6.16. The minimum absolute atomic E-state index is 0.0992. The molecule has 1 saturated carbocycles. The van der Waals surface area contributed by atoms with Crippen LogP contribution in [-0.4, -0.2) is 12.6 Å². The molecule has 74 valence electrons. The monoisotopic (exact) mass is 182 g/mol. The maximum atomic E-state index is 11.1.